The normalized spacial score (nSPS) is 26.2. The molecule has 8 nitrogen and oxygen atoms in total. The van der Waals surface area contributed by atoms with Gasteiger partial charge >= 0.3 is 5.97 Å². The number of Topliss-reactive ketones (excluding diaryl/α,β-unsaturated/α-hetero) is 1. The molecule has 30 heavy (non-hydrogen) atoms. The van der Waals surface area contributed by atoms with Crippen molar-refractivity contribution < 1.29 is 34.4 Å². The van der Waals surface area contributed by atoms with E-state index in [-0.39, 0.29) is 36.0 Å². The molecule has 5 rings (SSSR count). The molecular formula is C22H23NO7. The van der Waals surface area contributed by atoms with Gasteiger partial charge in [0.1, 0.15) is 5.75 Å². The number of carboxylic acids is 1. The number of aryl methyl sites for hydroxylation is 1. The molecule has 0 bridgehead atoms. The summed E-state index contributed by atoms with van der Waals surface area (Å²) in [5.74, 6) is -1.46. The Kier molecular flexibility index (Phi) is 4.20. The van der Waals surface area contributed by atoms with Gasteiger partial charge in [-0.25, -0.2) is 0 Å². The highest BCUT2D eigenvalue weighted by Gasteiger charge is 2.42. The number of phenols is 1. The molecule has 3 heterocycles. The molecule has 2 aliphatic heterocycles. The van der Waals surface area contributed by atoms with E-state index in [4.69, 9.17) is 9.47 Å². The smallest absolute Gasteiger partial charge is 0.305 e. The highest BCUT2D eigenvalue weighted by atomic mass is 16.7. The third-order valence-corrected chi connectivity index (χ3v) is 6.32. The Morgan fingerprint density at radius 3 is 2.83 bits per heavy atom. The van der Waals surface area contributed by atoms with Crippen molar-refractivity contribution in [2.75, 3.05) is 0 Å². The molecule has 2 aromatic rings. The third-order valence-electron chi connectivity index (χ3n) is 6.32. The molecule has 1 aromatic heterocycles. The van der Waals surface area contributed by atoms with Crippen molar-refractivity contribution in [2.24, 2.45) is 0 Å². The van der Waals surface area contributed by atoms with E-state index in [1.165, 1.54) is 6.07 Å². The van der Waals surface area contributed by atoms with E-state index in [1.54, 1.807) is 19.9 Å². The first kappa shape index (κ1) is 19.1. The average molecular weight is 413 g/mol. The van der Waals surface area contributed by atoms with Crippen molar-refractivity contribution in [3.05, 3.63) is 34.8 Å². The number of carbonyl (C=O) groups is 2. The van der Waals surface area contributed by atoms with E-state index in [9.17, 15) is 24.9 Å². The van der Waals surface area contributed by atoms with E-state index in [0.717, 1.165) is 29.6 Å². The van der Waals surface area contributed by atoms with Crippen LogP contribution in [-0.4, -0.2) is 50.1 Å². The molecule has 1 aliphatic carbocycles. The van der Waals surface area contributed by atoms with Crippen LogP contribution in [0.2, 0.25) is 0 Å². The predicted molar refractivity (Wildman–Crippen MR) is 106 cm³/mol. The lowest BCUT2D eigenvalue weighted by molar-refractivity contribution is -0.151. The van der Waals surface area contributed by atoms with Gasteiger partial charge in [-0.2, -0.15) is 0 Å². The van der Waals surface area contributed by atoms with Crippen molar-refractivity contribution in [3.8, 4) is 5.75 Å². The van der Waals surface area contributed by atoms with Gasteiger partial charge < -0.3 is 29.4 Å². The Morgan fingerprint density at radius 2 is 2.13 bits per heavy atom. The number of allylic oxidation sites excluding steroid dienone is 1. The highest BCUT2D eigenvalue weighted by molar-refractivity contribution is 6.25. The average Bonchev–Trinajstić information content (AvgIpc) is 3.16. The largest absolute Gasteiger partial charge is 0.507 e. The van der Waals surface area contributed by atoms with Crippen LogP contribution in [0.15, 0.2) is 17.9 Å². The number of aliphatic hydroxyl groups excluding tert-OH is 1. The Balaban J connectivity index is 1.81. The molecule has 8 heteroatoms. The summed E-state index contributed by atoms with van der Waals surface area (Å²) in [4.78, 5) is 24.7. The number of hydrogen-bond acceptors (Lipinski definition) is 6. The highest BCUT2D eigenvalue weighted by Crippen LogP contribution is 2.50. The number of fused-ring (bicyclic) bond motifs is 4. The maximum atomic E-state index is 13.4. The number of aromatic hydroxyl groups is 1. The zero-order valence-corrected chi connectivity index (χ0v) is 16.7. The monoisotopic (exact) mass is 413 g/mol. The van der Waals surface area contributed by atoms with Crippen LogP contribution in [0.1, 0.15) is 60.9 Å². The molecular weight excluding hydrogens is 390 g/mol. The molecule has 3 aliphatic rings. The summed E-state index contributed by atoms with van der Waals surface area (Å²) in [5.41, 5.74) is 2.49. The van der Waals surface area contributed by atoms with Gasteiger partial charge in [-0.05, 0) is 38.8 Å². The van der Waals surface area contributed by atoms with E-state index in [2.05, 4.69) is 4.57 Å². The number of ether oxygens (including phenoxy) is 2. The van der Waals surface area contributed by atoms with Gasteiger partial charge in [0.15, 0.2) is 12.0 Å². The molecule has 0 amide bonds. The quantitative estimate of drug-likeness (QED) is 0.708. The number of aromatic nitrogens is 1. The number of carbonyl (C=O) groups excluding carboxylic acids is 1. The van der Waals surface area contributed by atoms with Gasteiger partial charge in [-0.15, -0.1) is 0 Å². The summed E-state index contributed by atoms with van der Waals surface area (Å²) in [7, 11) is 0. The van der Waals surface area contributed by atoms with Crippen LogP contribution in [0.25, 0.3) is 16.3 Å². The topological polar surface area (TPSA) is 118 Å². The lowest BCUT2D eigenvalue weighted by Gasteiger charge is -2.25. The molecule has 0 saturated heterocycles. The Bertz CT molecular complexity index is 1130. The molecule has 0 radical (unpaired) electrons. The van der Waals surface area contributed by atoms with Crippen molar-refractivity contribution in [1.29, 1.82) is 0 Å². The molecule has 0 spiro atoms. The van der Waals surface area contributed by atoms with Gasteiger partial charge in [0.2, 0.25) is 5.78 Å². The first-order valence-electron chi connectivity index (χ1n) is 10.2. The Hall–Kier alpha value is -2.84. The predicted octanol–water partition coefficient (Wildman–Crippen LogP) is 2.75. The minimum Gasteiger partial charge on any atom is -0.507 e. The molecule has 4 atom stereocenters. The second kappa shape index (κ2) is 6.58. The first-order valence-corrected chi connectivity index (χ1v) is 10.2. The molecule has 0 unspecified atom stereocenters. The van der Waals surface area contributed by atoms with Gasteiger partial charge in [-0.3, -0.25) is 9.59 Å². The van der Waals surface area contributed by atoms with Crippen LogP contribution in [0, 0.1) is 0 Å². The van der Waals surface area contributed by atoms with Crippen molar-refractivity contribution >= 4 is 28.1 Å². The fraction of sp³-hybridized carbons (Fsp3) is 0.455. The fourth-order valence-corrected chi connectivity index (χ4v) is 5.21. The van der Waals surface area contributed by atoms with Crippen LogP contribution >= 0.6 is 0 Å². The van der Waals surface area contributed by atoms with Gasteiger partial charge in [-0.1, -0.05) is 0 Å². The van der Waals surface area contributed by atoms with E-state index in [0.29, 0.717) is 11.0 Å². The molecule has 1 aromatic carbocycles. The standard InChI is InChI=1S/C22H23NO7/c1-9(24)14-4-5-15-12-3-6-16(25)19-18(12)20(23(14)15)13-7-11(8-17(26)27)29-10(2)30-22(13)21(19)28/h3,6,9-11,14,24-25H,4-5,7-8H2,1-2H3,(H,26,27)/t9-,10-,11-,14+/m1/s1. The van der Waals surface area contributed by atoms with Crippen LogP contribution < -0.4 is 0 Å². The Morgan fingerprint density at radius 1 is 1.37 bits per heavy atom. The number of carboxylic acid groups (broad SMARTS) is 1. The van der Waals surface area contributed by atoms with Gasteiger partial charge in [0, 0.05) is 28.5 Å². The second-order valence-electron chi connectivity index (χ2n) is 8.28. The van der Waals surface area contributed by atoms with Crippen LogP contribution in [0.5, 0.6) is 5.75 Å². The van der Waals surface area contributed by atoms with Crippen molar-refractivity contribution in [1.82, 2.24) is 4.57 Å². The second-order valence-corrected chi connectivity index (χ2v) is 8.28. The number of nitrogens with zero attached hydrogens (tertiary/aromatic N) is 1. The fourth-order valence-electron chi connectivity index (χ4n) is 5.21. The number of aliphatic carboxylic acids is 1. The number of aliphatic hydroxyl groups is 1. The van der Waals surface area contributed by atoms with Crippen molar-refractivity contribution in [3.63, 3.8) is 0 Å². The summed E-state index contributed by atoms with van der Waals surface area (Å²) in [6.45, 7) is 3.36. The number of benzene rings is 1. The minimum atomic E-state index is -0.996. The molecule has 158 valence electrons. The summed E-state index contributed by atoms with van der Waals surface area (Å²) in [5, 5.41) is 31.8. The third kappa shape index (κ3) is 2.60. The zero-order chi connectivity index (χ0) is 21.3. The molecule has 3 N–H and O–H groups in total. The minimum absolute atomic E-state index is 0.0860. The number of rotatable bonds is 3. The summed E-state index contributed by atoms with van der Waals surface area (Å²) < 4.78 is 13.6. The lowest BCUT2D eigenvalue weighted by atomic mass is 9.87. The number of hydrogen-bond donors (Lipinski definition) is 3. The SMILES string of the molecule is C[C@H]1OC2=C(C[C@H](CC(=O)O)O1)c1c3c(c(O)ccc3c3n1[C@H]([C@@H](C)O)CC3)C2=O. The zero-order valence-electron chi connectivity index (χ0n) is 16.7. The summed E-state index contributed by atoms with van der Waals surface area (Å²) >= 11 is 0. The number of ketones is 1. The first-order chi connectivity index (χ1) is 14.3. The maximum Gasteiger partial charge on any atom is 0.305 e. The maximum absolute atomic E-state index is 13.4. The van der Waals surface area contributed by atoms with Crippen LogP contribution in [0.4, 0.5) is 0 Å². The van der Waals surface area contributed by atoms with E-state index < -0.39 is 30.3 Å². The van der Waals surface area contributed by atoms with Gasteiger partial charge in [0.25, 0.3) is 0 Å². The number of phenolic OH excluding ortho intramolecular Hbond substituents is 1. The lowest BCUT2D eigenvalue weighted by Crippen LogP contribution is -2.23. The molecule has 0 saturated carbocycles. The van der Waals surface area contributed by atoms with E-state index in [1.807, 2.05) is 0 Å². The summed E-state index contributed by atoms with van der Waals surface area (Å²) in [6.07, 6.45) is -0.618. The summed E-state index contributed by atoms with van der Waals surface area (Å²) in [6, 6.07) is 3.14. The Labute approximate surface area is 172 Å². The van der Waals surface area contributed by atoms with Crippen molar-refractivity contribution in [2.45, 2.75) is 64.1 Å². The molecule has 0 fully saturated rings. The van der Waals surface area contributed by atoms with Crippen LogP contribution in [-0.2, 0) is 20.7 Å². The van der Waals surface area contributed by atoms with Crippen LogP contribution in [0.3, 0.4) is 0 Å². The van der Waals surface area contributed by atoms with E-state index >= 15 is 0 Å². The van der Waals surface area contributed by atoms with Gasteiger partial charge in [0.05, 0.1) is 35.9 Å².